The zero-order valence-electron chi connectivity index (χ0n) is 45.8. The SMILES string of the molecule is CCC[C@@H]1CCCCN1C(=O)c1cccc(-c2cccc(-n3ncc(C(=O)O)c3[C@@H]3C[C@H]3c3cn(C)nn3)c2)c1.CCC[C@@H]1CCCCN1C(=O)c1cccc(-c2cccc(-n3ncc(C(=O)O)c3[C@H]3C[C@@H]3c3cn(C)nn3)c2)c1. The molecule has 4 aromatic heterocycles. The summed E-state index contributed by atoms with van der Waals surface area (Å²) in [4.78, 5) is 55.4. The van der Waals surface area contributed by atoms with E-state index in [2.05, 4.69) is 54.5 Å². The standard InChI is InChI=1S/2C31H34N6O3/c2*1-3-8-23-12-4-5-14-36(23)30(38)22-11-6-9-20(15-22)21-10-7-13-24(16-21)37-29(27(18-32-37)31(39)40)26-17-25(26)28-19-35(2)34-33-28/h2*6-7,9-11,13,15-16,18-19,23,25-26H,3-5,8,12,14,17H2,1-2H3,(H,39,40)/t23-,25+,26+;23-,25-,26-/m11/s1. The van der Waals surface area contributed by atoms with Gasteiger partial charge in [0.15, 0.2) is 0 Å². The van der Waals surface area contributed by atoms with E-state index < -0.39 is 11.9 Å². The number of hydrogen-bond acceptors (Lipinski definition) is 10. The number of aromatic carboxylic acids is 2. The van der Waals surface area contributed by atoms with Crippen molar-refractivity contribution >= 4 is 23.8 Å². The predicted octanol–water partition coefficient (Wildman–Crippen LogP) is 10.9. The minimum absolute atomic E-state index is 0.00415. The van der Waals surface area contributed by atoms with E-state index >= 15 is 0 Å². The van der Waals surface area contributed by atoms with Crippen molar-refractivity contribution in [1.82, 2.24) is 59.3 Å². The quantitative estimate of drug-likeness (QED) is 0.0925. The molecule has 80 heavy (non-hydrogen) atoms. The molecule has 2 saturated heterocycles. The molecule has 4 aromatic carbocycles. The number of nitrogens with zero attached hydrogens (tertiary/aromatic N) is 12. The smallest absolute Gasteiger partial charge is 0.339 e. The lowest BCUT2D eigenvalue weighted by molar-refractivity contribution is 0.0593. The Morgan fingerprint density at radius 2 is 0.925 bits per heavy atom. The molecule has 8 aromatic rings. The van der Waals surface area contributed by atoms with Crippen LogP contribution in [0.5, 0.6) is 0 Å². The number of carbonyl (C=O) groups is 4. The number of rotatable bonds is 16. The van der Waals surface area contributed by atoms with Crippen LogP contribution in [0.25, 0.3) is 33.6 Å². The van der Waals surface area contributed by atoms with E-state index in [1.807, 2.05) is 124 Å². The van der Waals surface area contributed by atoms with Crippen molar-refractivity contribution < 1.29 is 29.4 Å². The number of aryl methyl sites for hydroxylation is 2. The Hall–Kier alpha value is -8.54. The average Bonchev–Trinajstić information content (AvgIpc) is 4.16. The summed E-state index contributed by atoms with van der Waals surface area (Å²) in [6, 6.07) is 32.0. The third kappa shape index (κ3) is 11.1. The molecule has 0 spiro atoms. The highest BCUT2D eigenvalue weighted by Crippen LogP contribution is 2.56. The van der Waals surface area contributed by atoms with Crippen molar-refractivity contribution in [2.75, 3.05) is 13.1 Å². The summed E-state index contributed by atoms with van der Waals surface area (Å²) < 4.78 is 6.81. The molecule has 6 heterocycles. The lowest BCUT2D eigenvalue weighted by Gasteiger charge is -2.36. The maximum Gasteiger partial charge on any atom is 0.339 e. The van der Waals surface area contributed by atoms with Crippen molar-refractivity contribution in [3.05, 3.63) is 167 Å². The molecule has 2 N–H and O–H groups in total. The Bertz CT molecular complexity index is 3340. The summed E-state index contributed by atoms with van der Waals surface area (Å²) in [5.74, 6) is -1.58. The van der Waals surface area contributed by atoms with Gasteiger partial charge < -0.3 is 20.0 Å². The maximum absolute atomic E-state index is 13.5. The first-order valence-electron chi connectivity index (χ1n) is 28.3. The van der Waals surface area contributed by atoms with E-state index in [1.165, 1.54) is 25.2 Å². The Morgan fingerprint density at radius 1 is 0.525 bits per heavy atom. The van der Waals surface area contributed by atoms with Crippen LogP contribution in [-0.2, 0) is 14.1 Å². The minimum Gasteiger partial charge on any atom is -0.478 e. The highest BCUT2D eigenvalue weighted by atomic mass is 16.4. The molecule has 12 rings (SSSR count). The summed E-state index contributed by atoms with van der Waals surface area (Å²) in [6.45, 7) is 5.98. The Balaban J connectivity index is 0.000000169. The molecule has 6 atom stereocenters. The van der Waals surface area contributed by atoms with Crippen LogP contribution < -0.4 is 0 Å². The Kier molecular flexibility index (Phi) is 15.4. The molecule has 4 fully saturated rings. The van der Waals surface area contributed by atoms with Gasteiger partial charge in [-0.2, -0.15) is 10.2 Å². The van der Waals surface area contributed by atoms with Gasteiger partial charge in [0.05, 0.1) is 46.5 Å². The van der Waals surface area contributed by atoms with E-state index in [0.717, 1.165) is 122 Å². The van der Waals surface area contributed by atoms with E-state index in [0.29, 0.717) is 34.6 Å². The van der Waals surface area contributed by atoms with Crippen LogP contribution in [0.1, 0.15) is 179 Å². The first kappa shape index (κ1) is 53.5. The van der Waals surface area contributed by atoms with Gasteiger partial charge in [-0.3, -0.25) is 19.0 Å². The number of piperidine rings is 2. The van der Waals surface area contributed by atoms with Crippen LogP contribution in [0.3, 0.4) is 0 Å². The molecule has 0 radical (unpaired) electrons. The van der Waals surface area contributed by atoms with Crippen molar-refractivity contribution in [3.63, 3.8) is 0 Å². The zero-order valence-corrected chi connectivity index (χ0v) is 45.8. The van der Waals surface area contributed by atoms with Crippen LogP contribution in [0, 0.1) is 0 Å². The minimum atomic E-state index is -0.993. The molecular weight excluding hydrogens is 1010 g/mol. The number of carboxylic acids is 2. The van der Waals surface area contributed by atoms with Gasteiger partial charge in [0.1, 0.15) is 11.1 Å². The van der Waals surface area contributed by atoms with Crippen LogP contribution in [0.15, 0.2) is 122 Å². The molecule has 0 unspecified atom stereocenters. The van der Waals surface area contributed by atoms with E-state index in [9.17, 15) is 29.4 Å². The Labute approximate surface area is 465 Å². The Morgan fingerprint density at radius 3 is 1.30 bits per heavy atom. The molecule has 4 aliphatic rings. The molecule has 412 valence electrons. The van der Waals surface area contributed by atoms with Crippen LogP contribution in [0.2, 0.25) is 0 Å². The summed E-state index contributed by atoms with van der Waals surface area (Å²) in [7, 11) is 3.65. The molecule has 2 aliphatic heterocycles. The molecule has 2 aliphatic carbocycles. The van der Waals surface area contributed by atoms with Crippen LogP contribution in [0.4, 0.5) is 0 Å². The average molecular weight is 1080 g/mol. The second-order valence-electron chi connectivity index (χ2n) is 22.0. The molecule has 18 heteroatoms. The van der Waals surface area contributed by atoms with Gasteiger partial charge >= 0.3 is 11.9 Å². The third-order valence-electron chi connectivity index (χ3n) is 16.4. The largest absolute Gasteiger partial charge is 0.478 e. The van der Waals surface area contributed by atoms with Gasteiger partial charge in [-0.25, -0.2) is 19.0 Å². The van der Waals surface area contributed by atoms with Crippen molar-refractivity contribution in [3.8, 4) is 33.6 Å². The van der Waals surface area contributed by atoms with Gasteiger partial charge in [-0.1, -0.05) is 85.6 Å². The predicted molar refractivity (Wildman–Crippen MR) is 301 cm³/mol. The van der Waals surface area contributed by atoms with Crippen molar-refractivity contribution in [2.45, 2.75) is 127 Å². The third-order valence-corrected chi connectivity index (χ3v) is 16.4. The highest BCUT2D eigenvalue weighted by Gasteiger charge is 2.47. The van der Waals surface area contributed by atoms with Crippen molar-refractivity contribution in [1.29, 1.82) is 0 Å². The molecule has 2 amide bonds. The summed E-state index contributed by atoms with van der Waals surface area (Å²) in [5, 5.41) is 45.4. The van der Waals surface area contributed by atoms with Crippen LogP contribution >= 0.6 is 0 Å². The first-order chi connectivity index (χ1) is 38.9. The fourth-order valence-electron chi connectivity index (χ4n) is 12.3. The number of carbonyl (C=O) groups excluding carboxylic acids is 2. The van der Waals surface area contributed by atoms with Crippen molar-refractivity contribution in [2.24, 2.45) is 14.1 Å². The number of benzene rings is 4. The maximum atomic E-state index is 13.5. The van der Waals surface area contributed by atoms with Crippen LogP contribution in [-0.4, -0.2) is 118 Å². The monoisotopic (exact) mass is 1080 g/mol. The lowest BCUT2D eigenvalue weighted by Crippen LogP contribution is -2.43. The van der Waals surface area contributed by atoms with Gasteiger partial charge in [0.2, 0.25) is 0 Å². The number of hydrogen-bond donors (Lipinski definition) is 2. The number of carboxylic acid groups (broad SMARTS) is 2. The molecule has 0 bridgehead atoms. The van der Waals surface area contributed by atoms with E-state index in [4.69, 9.17) is 0 Å². The molecular formula is C62H68N12O6. The number of likely N-dealkylation sites (tertiary alicyclic amines) is 2. The van der Waals surface area contributed by atoms with E-state index in [1.54, 1.807) is 18.7 Å². The topological polar surface area (TPSA) is 212 Å². The first-order valence-corrected chi connectivity index (χ1v) is 28.3. The summed E-state index contributed by atoms with van der Waals surface area (Å²) in [6.07, 6.45) is 19.1. The number of aromatic nitrogens is 10. The fraction of sp³-hybridized carbons (Fsp3) is 0.387. The second-order valence-corrected chi connectivity index (χ2v) is 22.0. The highest BCUT2D eigenvalue weighted by molar-refractivity contribution is 5.97. The fourth-order valence-corrected chi connectivity index (χ4v) is 12.3. The van der Waals surface area contributed by atoms with Gasteiger partial charge in [-0.05, 0) is 135 Å². The summed E-state index contributed by atoms with van der Waals surface area (Å²) >= 11 is 0. The van der Waals surface area contributed by atoms with Gasteiger partial charge in [0.25, 0.3) is 11.8 Å². The molecule has 2 saturated carbocycles. The molecule has 18 nitrogen and oxygen atoms in total. The van der Waals surface area contributed by atoms with Gasteiger partial charge in [-0.15, -0.1) is 10.2 Å². The summed E-state index contributed by atoms with van der Waals surface area (Å²) in [5.41, 5.74) is 10.2. The normalized spacial score (nSPS) is 20.4. The van der Waals surface area contributed by atoms with Gasteiger partial charge in [0, 0.05) is 86.5 Å². The lowest BCUT2D eigenvalue weighted by atomic mass is 9.96. The van der Waals surface area contributed by atoms with E-state index in [-0.39, 0.29) is 46.6 Å². The second kappa shape index (κ2) is 23.0. The zero-order chi connectivity index (χ0) is 55.6. The number of amides is 2.